The van der Waals surface area contributed by atoms with Gasteiger partial charge in [-0.05, 0) is 31.2 Å². The van der Waals surface area contributed by atoms with Crippen LogP contribution in [-0.2, 0) is 7.05 Å². The van der Waals surface area contributed by atoms with Gasteiger partial charge >= 0.3 is 5.69 Å². The zero-order chi connectivity index (χ0) is 15.9. The summed E-state index contributed by atoms with van der Waals surface area (Å²) in [6, 6.07) is 5.50. The average Bonchev–Trinajstić information content (AvgIpc) is 3.06. The first-order chi connectivity index (χ1) is 10.5. The fourth-order valence-electron chi connectivity index (χ4n) is 2.00. The number of halogens is 1. The number of hydrogen-bond donors (Lipinski definition) is 0. The highest BCUT2D eigenvalue weighted by Crippen LogP contribution is 2.31. The van der Waals surface area contributed by atoms with E-state index in [2.05, 4.69) is 15.2 Å². The van der Waals surface area contributed by atoms with E-state index in [0.29, 0.717) is 11.3 Å². The summed E-state index contributed by atoms with van der Waals surface area (Å²) in [6.45, 7) is 1.58. The molecule has 0 aliphatic heterocycles. The largest absolute Gasteiger partial charge is 0.332 e. The summed E-state index contributed by atoms with van der Waals surface area (Å²) < 4.78 is 19.3. The Balaban J connectivity index is 2.06. The molecule has 0 saturated carbocycles. The second kappa shape index (κ2) is 5.02. The van der Waals surface area contributed by atoms with Gasteiger partial charge in [0.05, 0.1) is 4.92 Å². The van der Waals surface area contributed by atoms with Crippen LogP contribution in [0.1, 0.15) is 5.69 Å². The van der Waals surface area contributed by atoms with Crippen molar-refractivity contribution in [3.05, 3.63) is 45.9 Å². The van der Waals surface area contributed by atoms with E-state index in [9.17, 15) is 14.5 Å². The Labute approximate surface area is 123 Å². The third-order valence-corrected chi connectivity index (χ3v) is 3.22. The fourth-order valence-corrected chi connectivity index (χ4v) is 2.00. The lowest BCUT2D eigenvalue weighted by Crippen LogP contribution is -1.94. The lowest BCUT2D eigenvalue weighted by molar-refractivity contribution is -0.384. The summed E-state index contributed by atoms with van der Waals surface area (Å²) in [6.07, 6.45) is 0. The van der Waals surface area contributed by atoms with Gasteiger partial charge in [0.1, 0.15) is 11.5 Å². The van der Waals surface area contributed by atoms with Crippen molar-refractivity contribution in [3.8, 4) is 23.0 Å². The number of nitro groups is 1. The third kappa shape index (κ3) is 2.22. The molecule has 3 rings (SSSR count). The first kappa shape index (κ1) is 13.9. The highest BCUT2D eigenvalue weighted by molar-refractivity contribution is 5.66. The number of hydrogen-bond acceptors (Lipinski definition) is 6. The van der Waals surface area contributed by atoms with Crippen LogP contribution in [0, 0.1) is 22.9 Å². The highest BCUT2D eigenvalue weighted by Gasteiger charge is 2.29. The molecule has 2 aromatic heterocycles. The number of aryl methyl sites for hydroxylation is 1. The summed E-state index contributed by atoms with van der Waals surface area (Å²) in [5.74, 6) is -0.245. The molecular formula is C13H10FN5O3. The predicted octanol–water partition coefficient (Wildman–Crippen LogP) is 2.49. The van der Waals surface area contributed by atoms with Crippen molar-refractivity contribution >= 4 is 5.69 Å². The van der Waals surface area contributed by atoms with Gasteiger partial charge in [-0.1, -0.05) is 5.16 Å². The summed E-state index contributed by atoms with van der Waals surface area (Å²) in [5.41, 5.74) is 0.732. The van der Waals surface area contributed by atoms with E-state index in [4.69, 9.17) is 4.52 Å². The monoisotopic (exact) mass is 303 g/mol. The molecule has 8 nitrogen and oxygen atoms in total. The van der Waals surface area contributed by atoms with Crippen molar-refractivity contribution in [1.82, 2.24) is 19.9 Å². The van der Waals surface area contributed by atoms with Crippen molar-refractivity contribution in [3.63, 3.8) is 0 Å². The molecule has 3 aromatic rings. The molecule has 0 aliphatic rings. The summed E-state index contributed by atoms with van der Waals surface area (Å²) in [4.78, 5) is 14.7. The van der Waals surface area contributed by atoms with Crippen LogP contribution in [0.5, 0.6) is 0 Å². The van der Waals surface area contributed by atoms with E-state index in [1.807, 2.05) is 0 Å². The Morgan fingerprint density at radius 2 is 2.00 bits per heavy atom. The van der Waals surface area contributed by atoms with Gasteiger partial charge in [-0.2, -0.15) is 10.1 Å². The van der Waals surface area contributed by atoms with Gasteiger partial charge in [0.2, 0.25) is 11.5 Å². The van der Waals surface area contributed by atoms with Crippen LogP contribution in [0.4, 0.5) is 10.1 Å². The van der Waals surface area contributed by atoms with Gasteiger partial charge in [0.25, 0.3) is 5.89 Å². The van der Waals surface area contributed by atoms with Crippen LogP contribution in [0.15, 0.2) is 28.8 Å². The summed E-state index contributed by atoms with van der Waals surface area (Å²) >= 11 is 0. The molecule has 0 fully saturated rings. The Morgan fingerprint density at radius 3 is 2.64 bits per heavy atom. The molecular weight excluding hydrogens is 293 g/mol. The molecule has 0 atom stereocenters. The molecule has 0 radical (unpaired) electrons. The number of rotatable bonds is 3. The molecule has 9 heteroatoms. The summed E-state index contributed by atoms with van der Waals surface area (Å²) in [7, 11) is 1.59. The minimum absolute atomic E-state index is 0.00543. The Morgan fingerprint density at radius 1 is 1.32 bits per heavy atom. The third-order valence-electron chi connectivity index (χ3n) is 3.22. The lowest BCUT2D eigenvalue weighted by atomic mass is 10.2. The molecule has 0 bridgehead atoms. The molecule has 0 saturated heterocycles. The standard InChI is InChI=1S/C13H10FN5O3/c1-7-11(19(20)21)10(16-18(7)2)13-15-12(17-22-13)8-3-5-9(14)6-4-8/h3-6H,1-2H3. The Hall–Kier alpha value is -3.10. The van der Waals surface area contributed by atoms with Crippen LogP contribution in [0.3, 0.4) is 0 Å². The molecule has 0 amide bonds. The molecule has 112 valence electrons. The first-order valence-electron chi connectivity index (χ1n) is 6.25. The van der Waals surface area contributed by atoms with Crippen molar-refractivity contribution < 1.29 is 13.8 Å². The lowest BCUT2D eigenvalue weighted by Gasteiger charge is -1.92. The molecule has 0 N–H and O–H groups in total. The van der Waals surface area contributed by atoms with E-state index >= 15 is 0 Å². The molecule has 0 unspecified atom stereocenters. The quantitative estimate of drug-likeness (QED) is 0.544. The number of benzene rings is 1. The van der Waals surface area contributed by atoms with Crippen molar-refractivity contribution in [2.24, 2.45) is 7.05 Å². The molecule has 0 aliphatic carbocycles. The van der Waals surface area contributed by atoms with E-state index in [0.717, 1.165) is 0 Å². The minimum Gasteiger partial charge on any atom is -0.332 e. The Bertz CT molecular complexity index is 853. The zero-order valence-electron chi connectivity index (χ0n) is 11.6. The molecule has 1 aromatic carbocycles. The van der Waals surface area contributed by atoms with Gasteiger partial charge in [-0.3, -0.25) is 14.8 Å². The van der Waals surface area contributed by atoms with Gasteiger partial charge < -0.3 is 4.52 Å². The molecule has 0 spiro atoms. The normalized spacial score (nSPS) is 10.9. The zero-order valence-corrected chi connectivity index (χ0v) is 11.6. The predicted molar refractivity (Wildman–Crippen MR) is 73.3 cm³/mol. The minimum atomic E-state index is -0.542. The van der Waals surface area contributed by atoms with Crippen LogP contribution in [0.2, 0.25) is 0 Å². The summed E-state index contributed by atoms with van der Waals surface area (Å²) in [5, 5.41) is 19.0. The van der Waals surface area contributed by atoms with Gasteiger partial charge in [-0.15, -0.1) is 0 Å². The molecule has 2 heterocycles. The smallest absolute Gasteiger partial charge is 0.322 e. The van der Waals surface area contributed by atoms with Crippen LogP contribution in [0.25, 0.3) is 23.0 Å². The number of nitrogens with zero attached hydrogens (tertiary/aromatic N) is 5. The maximum Gasteiger partial charge on any atom is 0.322 e. The van der Waals surface area contributed by atoms with E-state index in [-0.39, 0.29) is 28.9 Å². The van der Waals surface area contributed by atoms with Crippen LogP contribution in [-0.4, -0.2) is 24.8 Å². The van der Waals surface area contributed by atoms with E-state index in [1.165, 1.54) is 28.9 Å². The van der Waals surface area contributed by atoms with Gasteiger partial charge in [0.15, 0.2) is 0 Å². The second-order valence-electron chi connectivity index (χ2n) is 4.59. The average molecular weight is 303 g/mol. The first-order valence-corrected chi connectivity index (χ1v) is 6.25. The maximum atomic E-state index is 12.9. The SMILES string of the molecule is Cc1c([N+](=O)[O-])c(-c2nc(-c3ccc(F)cc3)no2)nn1C. The van der Waals surface area contributed by atoms with Gasteiger partial charge in [-0.25, -0.2) is 4.39 Å². The van der Waals surface area contributed by atoms with Crippen LogP contribution < -0.4 is 0 Å². The van der Waals surface area contributed by atoms with Crippen LogP contribution >= 0.6 is 0 Å². The van der Waals surface area contributed by atoms with E-state index < -0.39 is 4.92 Å². The van der Waals surface area contributed by atoms with E-state index in [1.54, 1.807) is 14.0 Å². The highest BCUT2D eigenvalue weighted by atomic mass is 19.1. The fraction of sp³-hybridized carbons (Fsp3) is 0.154. The van der Waals surface area contributed by atoms with Crippen molar-refractivity contribution in [2.75, 3.05) is 0 Å². The maximum absolute atomic E-state index is 12.9. The molecule has 22 heavy (non-hydrogen) atoms. The van der Waals surface area contributed by atoms with Gasteiger partial charge in [0, 0.05) is 12.6 Å². The Kier molecular flexibility index (Phi) is 3.17. The topological polar surface area (TPSA) is 99.9 Å². The van der Waals surface area contributed by atoms with Crippen molar-refractivity contribution in [2.45, 2.75) is 6.92 Å². The number of aromatic nitrogens is 4. The second-order valence-corrected chi connectivity index (χ2v) is 4.59. The van der Waals surface area contributed by atoms with Crippen molar-refractivity contribution in [1.29, 1.82) is 0 Å².